The van der Waals surface area contributed by atoms with Gasteiger partial charge in [0.25, 0.3) is 0 Å². The first-order valence-corrected chi connectivity index (χ1v) is 13.3. The van der Waals surface area contributed by atoms with Gasteiger partial charge in [0.15, 0.2) is 0 Å². The van der Waals surface area contributed by atoms with Crippen LogP contribution in [0.5, 0.6) is 23.0 Å². The van der Waals surface area contributed by atoms with Crippen LogP contribution >= 0.6 is 0 Å². The number of alkyl halides is 6. The Kier molecular flexibility index (Phi) is 10.2. The average molecular weight is 668 g/mol. The molecule has 11 nitrogen and oxygen atoms in total. The molecule has 0 spiro atoms. The minimum Gasteiger partial charge on any atom is -0.484 e. The number of aliphatic hydroxyl groups excluding tert-OH is 2. The predicted octanol–water partition coefficient (Wildman–Crippen LogP) is 7.41. The van der Waals surface area contributed by atoms with Crippen LogP contribution in [0.15, 0.2) is 72.8 Å². The Morgan fingerprint density at radius 1 is 0.574 bits per heavy atom. The molecule has 2 N–H and O–H groups in total. The van der Waals surface area contributed by atoms with Crippen molar-refractivity contribution in [3.63, 3.8) is 0 Å². The quantitative estimate of drug-likeness (QED) is 0.0892. The minimum absolute atomic E-state index is 0.0700. The van der Waals surface area contributed by atoms with E-state index in [1.54, 1.807) is 0 Å². The standard InChI is InChI=1S/C30H22F6N2O9/c31-29(32,33)19-5-1-17(2-6-19)25-23(11-9-21(37(41)42)27(25)45-15-13-39)47-24-12-10-22(38(43)44)28(46-16-14-40)26(24)18-3-7-20(8-4-18)30(34,35)36/h1-12,39-40H,13-16H2. The molecule has 0 saturated carbocycles. The van der Waals surface area contributed by atoms with E-state index in [1.807, 2.05) is 0 Å². The molecule has 0 aliphatic carbocycles. The van der Waals surface area contributed by atoms with Gasteiger partial charge in [-0.3, -0.25) is 20.2 Å². The molecule has 248 valence electrons. The van der Waals surface area contributed by atoms with Crippen LogP contribution in [0.4, 0.5) is 37.7 Å². The van der Waals surface area contributed by atoms with Crippen LogP contribution in [-0.2, 0) is 12.4 Å². The molecular formula is C30H22F6N2O9. The Hall–Kier alpha value is -5.42. The van der Waals surface area contributed by atoms with Crippen molar-refractivity contribution < 1.29 is 60.6 Å². The molecule has 0 bridgehead atoms. The van der Waals surface area contributed by atoms with Gasteiger partial charge >= 0.3 is 23.7 Å². The first-order chi connectivity index (χ1) is 22.2. The monoisotopic (exact) mass is 668 g/mol. The summed E-state index contributed by atoms with van der Waals surface area (Å²) < 4.78 is 96.9. The predicted molar refractivity (Wildman–Crippen MR) is 152 cm³/mol. The van der Waals surface area contributed by atoms with Crippen LogP contribution in [0, 0.1) is 20.2 Å². The number of aliphatic hydroxyl groups is 2. The van der Waals surface area contributed by atoms with Gasteiger partial charge in [-0.2, -0.15) is 26.3 Å². The summed E-state index contributed by atoms with van der Waals surface area (Å²) >= 11 is 0. The molecule has 0 saturated heterocycles. The third-order valence-electron chi connectivity index (χ3n) is 6.49. The van der Waals surface area contributed by atoms with E-state index in [0.29, 0.717) is 24.3 Å². The van der Waals surface area contributed by atoms with E-state index in [-0.39, 0.29) is 33.8 Å². The molecule has 0 heterocycles. The molecule has 0 atom stereocenters. The molecule has 0 fully saturated rings. The van der Waals surface area contributed by atoms with Gasteiger partial charge in [-0.1, -0.05) is 24.3 Å². The van der Waals surface area contributed by atoms with Gasteiger partial charge in [0.1, 0.15) is 24.7 Å². The van der Waals surface area contributed by atoms with Crippen LogP contribution in [0.2, 0.25) is 0 Å². The van der Waals surface area contributed by atoms with E-state index in [9.17, 15) is 56.8 Å². The van der Waals surface area contributed by atoms with Gasteiger partial charge in [0.05, 0.1) is 45.3 Å². The number of benzene rings is 4. The van der Waals surface area contributed by atoms with Crippen LogP contribution in [-0.4, -0.2) is 46.5 Å². The van der Waals surface area contributed by atoms with Crippen molar-refractivity contribution in [3.8, 4) is 45.3 Å². The Morgan fingerprint density at radius 2 is 0.915 bits per heavy atom. The zero-order valence-corrected chi connectivity index (χ0v) is 23.7. The number of rotatable bonds is 12. The fourth-order valence-electron chi connectivity index (χ4n) is 4.47. The van der Waals surface area contributed by atoms with E-state index in [2.05, 4.69) is 0 Å². The van der Waals surface area contributed by atoms with Crippen LogP contribution in [0.25, 0.3) is 22.3 Å². The van der Waals surface area contributed by atoms with Gasteiger partial charge in [-0.15, -0.1) is 0 Å². The van der Waals surface area contributed by atoms with Gasteiger partial charge in [0.2, 0.25) is 11.5 Å². The molecule has 47 heavy (non-hydrogen) atoms. The molecule has 0 aromatic heterocycles. The molecule has 0 unspecified atom stereocenters. The molecule has 0 aliphatic heterocycles. The van der Waals surface area contributed by atoms with Crippen molar-refractivity contribution in [3.05, 3.63) is 104 Å². The first-order valence-electron chi connectivity index (χ1n) is 13.3. The fourth-order valence-corrected chi connectivity index (χ4v) is 4.47. The number of hydrogen-bond donors (Lipinski definition) is 2. The highest BCUT2D eigenvalue weighted by atomic mass is 19.4. The molecule has 0 radical (unpaired) electrons. The summed E-state index contributed by atoms with van der Waals surface area (Å²) in [6, 6.07) is 10.8. The van der Waals surface area contributed by atoms with Gasteiger partial charge in [-0.05, 0) is 47.5 Å². The summed E-state index contributed by atoms with van der Waals surface area (Å²) in [7, 11) is 0. The second-order valence-electron chi connectivity index (χ2n) is 9.48. The van der Waals surface area contributed by atoms with Gasteiger partial charge in [0, 0.05) is 12.1 Å². The summed E-state index contributed by atoms with van der Waals surface area (Å²) in [6.45, 7) is -2.18. The summed E-state index contributed by atoms with van der Waals surface area (Å²) in [5.74, 6) is -1.59. The highest BCUT2D eigenvalue weighted by Gasteiger charge is 2.33. The Bertz CT molecular complexity index is 1630. The number of ether oxygens (including phenoxy) is 3. The van der Waals surface area contributed by atoms with E-state index in [4.69, 9.17) is 14.2 Å². The summed E-state index contributed by atoms with van der Waals surface area (Å²) in [4.78, 5) is 22.1. The van der Waals surface area contributed by atoms with Crippen molar-refractivity contribution in [2.75, 3.05) is 26.4 Å². The van der Waals surface area contributed by atoms with Crippen molar-refractivity contribution in [1.29, 1.82) is 0 Å². The van der Waals surface area contributed by atoms with E-state index in [1.165, 1.54) is 0 Å². The van der Waals surface area contributed by atoms with Crippen molar-refractivity contribution >= 4 is 11.4 Å². The van der Waals surface area contributed by atoms with E-state index in [0.717, 1.165) is 48.5 Å². The lowest BCUT2D eigenvalue weighted by Gasteiger charge is -2.20. The number of halogens is 6. The third kappa shape index (κ3) is 7.70. The lowest BCUT2D eigenvalue weighted by Crippen LogP contribution is -2.08. The fraction of sp³-hybridized carbons (Fsp3) is 0.200. The maximum Gasteiger partial charge on any atom is 0.416 e. The smallest absolute Gasteiger partial charge is 0.416 e. The number of hydrogen-bond acceptors (Lipinski definition) is 9. The maximum absolute atomic E-state index is 13.3. The average Bonchev–Trinajstić information content (AvgIpc) is 3.01. The van der Waals surface area contributed by atoms with Gasteiger partial charge < -0.3 is 24.4 Å². The maximum atomic E-state index is 13.3. The number of nitrogens with zero attached hydrogens (tertiary/aromatic N) is 2. The zero-order valence-electron chi connectivity index (χ0n) is 23.7. The second-order valence-corrected chi connectivity index (χ2v) is 9.48. The first kappa shape index (κ1) is 34.5. The van der Waals surface area contributed by atoms with Crippen molar-refractivity contribution in [1.82, 2.24) is 0 Å². The lowest BCUT2D eigenvalue weighted by molar-refractivity contribution is -0.385. The largest absolute Gasteiger partial charge is 0.484 e. The van der Waals surface area contributed by atoms with Crippen LogP contribution in [0.3, 0.4) is 0 Å². The molecular weight excluding hydrogens is 646 g/mol. The highest BCUT2D eigenvalue weighted by molar-refractivity contribution is 5.85. The zero-order chi connectivity index (χ0) is 34.5. The number of nitro benzene ring substituents is 2. The number of nitro groups is 2. The molecule has 0 amide bonds. The second kappa shape index (κ2) is 13.9. The molecule has 17 heteroatoms. The molecule has 4 aromatic carbocycles. The SMILES string of the molecule is O=[N+]([O-])c1ccc(Oc2ccc([N+](=O)[O-])c(OCCO)c2-c2ccc(C(F)(F)F)cc2)c(-c2ccc(C(F)(F)F)cc2)c1OCCO. The molecule has 4 aromatic rings. The third-order valence-corrected chi connectivity index (χ3v) is 6.49. The summed E-state index contributed by atoms with van der Waals surface area (Å²) in [6.07, 6.45) is -9.45. The highest BCUT2D eigenvalue weighted by Crippen LogP contribution is 2.50. The van der Waals surface area contributed by atoms with Crippen LogP contribution < -0.4 is 14.2 Å². The van der Waals surface area contributed by atoms with Gasteiger partial charge in [-0.25, -0.2) is 0 Å². The Balaban J connectivity index is 2.01. The van der Waals surface area contributed by atoms with E-state index < -0.39 is 82.6 Å². The molecule has 0 aliphatic rings. The Morgan fingerprint density at radius 3 is 1.19 bits per heavy atom. The normalized spacial score (nSPS) is 11.7. The van der Waals surface area contributed by atoms with Crippen molar-refractivity contribution in [2.24, 2.45) is 0 Å². The van der Waals surface area contributed by atoms with E-state index >= 15 is 0 Å². The molecule has 4 rings (SSSR count). The summed E-state index contributed by atoms with van der Waals surface area (Å²) in [5, 5.41) is 42.5. The lowest BCUT2D eigenvalue weighted by atomic mass is 9.99. The summed E-state index contributed by atoms with van der Waals surface area (Å²) in [5.41, 5.74) is -4.04. The minimum atomic E-state index is -4.73. The Labute approximate surface area is 260 Å². The van der Waals surface area contributed by atoms with Crippen LogP contribution in [0.1, 0.15) is 11.1 Å². The van der Waals surface area contributed by atoms with Crippen molar-refractivity contribution in [2.45, 2.75) is 12.4 Å². The topological polar surface area (TPSA) is 154 Å².